The Bertz CT molecular complexity index is 421. The average Bonchev–Trinajstić information content (AvgIpc) is 2.29. The minimum absolute atomic E-state index is 0.0719. The van der Waals surface area contributed by atoms with Gasteiger partial charge in [0.2, 0.25) is 5.91 Å². The monoisotopic (exact) mass is 239 g/mol. The Balaban J connectivity index is 2.46. The van der Waals surface area contributed by atoms with Crippen molar-refractivity contribution in [3.8, 4) is 0 Å². The number of pyridine rings is 1. The topological polar surface area (TPSA) is 62.3 Å². The second-order valence-electron chi connectivity index (χ2n) is 3.65. The van der Waals surface area contributed by atoms with Gasteiger partial charge < -0.3 is 10.2 Å². The maximum Gasteiger partial charge on any atom is 0.254 e. The number of nitrogens with one attached hydrogen (secondary N) is 1. The van der Waals surface area contributed by atoms with Crippen molar-refractivity contribution in [1.29, 1.82) is 0 Å². The molecule has 0 fully saturated rings. The van der Waals surface area contributed by atoms with Crippen LogP contribution in [-0.2, 0) is 4.79 Å². The molecule has 0 aliphatic carbocycles. The normalized spacial score (nSPS) is 9.82. The van der Waals surface area contributed by atoms with Crippen molar-refractivity contribution in [2.45, 2.75) is 6.42 Å². The van der Waals surface area contributed by atoms with Gasteiger partial charge in [0.05, 0.1) is 11.8 Å². The number of hydrogen-bond acceptors (Lipinski definition) is 3. The molecule has 0 atom stereocenters. The van der Waals surface area contributed by atoms with E-state index < -0.39 is 11.7 Å². The van der Waals surface area contributed by atoms with Gasteiger partial charge in [-0.05, 0) is 6.07 Å². The van der Waals surface area contributed by atoms with Gasteiger partial charge in [-0.2, -0.15) is 0 Å². The van der Waals surface area contributed by atoms with Crippen LogP contribution in [-0.4, -0.2) is 42.3 Å². The highest BCUT2D eigenvalue weighted by atomic mass is 19.1. The lowest BCUT2D eigenvalue weighted by Gasteiger charge is -2.10. The third-order valence-electron chi connectivity index (χ3n) is 2.14. The van der Waals surface area contributed by atoms with Crippen LogP contribution in [0.3, 0.4) is 0 Å². The Morgan fingerprint density at radius 3 is 2.76 bits per heavy atom. The molecule has 5 nitrogen and oxygen atoms in total. The zero-order valence-corrected chi connectivity index (χ0v) is 9.74. The van der Waals surface area contributed by atoms with E-state index in [1.54, 1.807) is 14.1 Å². The molecule has 0 aliphatic rings. The van der Waals surface area contributed by atoms with Crippen LogP contribution < -0.4 is 5.32 Å². The second kappa shape index (κ2) is 5.93. The van der Waals surface area contributed by atoms with Crippen LogP contribution in [0, 0.1) is 5.82 Å². The van der Waals surface area contributed by atoms with Crippen molar-refractivity contribution in [2.75, 3.05) is 20.6 Å². The van der Waals surface area contributed by atoms with Gasteiger partial charge in [-0.1, -0.05) is 0 Å². The van der Waals surface area contributed by atoms with E-state index in [4.69, 9.17) is 0 Å². The average molecular weight is 239 g/mol. The first-order chi connectivity index (χ1) is 8.02. The molecule has 1 aromatic rings. The molecule has 2 amide bonds. The fourth-order valence-corrected chi connectivity index (χ4v) is 1.16. The summed E-state index contributed by atoms with van der Waals surface area (Å²) in [7, 11) is 3.26. The van der Waals surface area contributed by atoms with E-state index in [2.05, 4.69) is 10.3 Å². The molecule has 17 heavy (non-hydrogen) atoms. The highest BCUT2D eigenvalue weighted by molar-refractivity contribution is 5.94. The van der Waals surface area contributed by atoms with Gasteiger partial charge in [-0.25, -0.2) is 4.39 Å². The van der Waals surface area contributed by atoms with Crippen LogP contribution in [0.4, 0.5) is 4.39 Å². The number of nitrogens with zero attached hydrogens (tertiary/aromatic N) is 2. The Labute approximate surface area is 98.6 Å². The van der Waals surface area contributed by atoms with Crippen molar-refractivity contribution >= 4 is 11.8 Å². The van der Waals surface area contributed by atoms with Crippen molar-refractivity contribution < 1.29 is 14.0 Å². The third kappa shape index (κ3) is 3.82. The van der Waals surface area contributed by atoms with Crippen molar-refractivity contribution in [2.24, 2.45) is 0 Å². The van der Waals surface area contributed by atoms with Gasteiger partial charge in [-0.15, -0.1) is 0 Å². The molecule has 1 heterocycles. The molecule has 1 rings (SSSR count). The summed E-state index contributed by atoms with van der Waals surface area (Å²) in [5.41, 5.74) is -0.0719. The molecular formula is C11H14FN3O2. The first-order valence-corrected chi connectivity index (χ1v) is 5.10. The minimum Gasteiger partial charge on any atom is -0.351 e. The van der Waals surface area contributed by atoms with Crippen molar-refractivity contribution in [1.82, 2.24) is 15.2 Å². The molecule has 0 unspecified atom stereocenters. The standard InChI is InChI=1S/C11H14FN3O2/c1-15(2)10(16)4-6-14-11(17)8-3-5-13-7-9(8)12/h3,5,7H,4,6H2,1-2H3,(H,14,17). The van der Waals surface area contributed by atoms with E-state index in [1.165, 1.54) is 17.2 Å². The van der Waals surface area contributed by atoms with Crippen molar-refractivity contribution in [3.05, 3.63) is 29.8 Å². The van der Waals surface area contributed by atoms with Crippen LogP contribution in [0.2, 0.25) is 0 Å². The number of halogens is 1. The second-order valence-corrected chi connectivity index (χ2v) is 3.65. The van der Waals surface area contributed by atoms with Gasteiger partial charge in [0.1, 0.15) is 0 Å². The molecule has 1 aromatic heterocycles. The first kappa shape index (κ1) is 13.1. The fourth-order valence-electron chi connectivity index (χ4n) is 1.16. The summed E-state index contributed by atoms with van der Waals surface area (Å²) < 4.78 is 13.2. The van der Waals surface area contributed by atoms with Crippen molar-refractivity contribution in [3.63, 3.8) is 0 Å². The van der Waals surface area contributed by atoms with E-state index in [0.717, 1.165) is 6.20 Å². The molecule has 92 valence electrons. The van der Waals surface area contributed by atoms with Gasteiger partial charge in [0.15, 0.2) is 5.82 Å². The van der Waals surface area contributed by atoms with Gasteiger partial charge >= 0.3 is 0 Å². The number of rotatable bonds is 4. The minimum atomic E-state index is -0.677. The van der Waals surface area contributed by atoms with Crippen LogP contribution in [0.1, 0.15) is 16.8 Å². The third-order valence-corrected chi connectivity index (χ3v) is 2.14. The molecule has 6 heteroatoms. The highest BCUT2D eigenvalue weighted by Crippen LogP contribution is 2.03. The Morgan fingerprint density at radius 1 is 1.47 bits per heavy atom. The summed E-state index contributed by atoms with van der Waals surface area (Å²) in [6, 6.07) is 1.29. The first-order valence-electron chi connectivity index (χ1n) is 5.10. The molecule has 1 N–H and O–H groups in total. The summed E-state index contributed by atoms with van der Waals surface area (Å²) in [5, 5.41) is 2.47. The van der Waals surface area contributed by atoms with Crippen LogP contribution in [0.5, 0.6) is 0 Å². The molecule has 0 spiro atoms. The van der Waals surface area contributed by atoms with E-state index in [0.29, 0.717) is 0 Å². The van der Waals surface area contributed by atoms with Gasteiger partial charge in [0, 0.05) is 33.3 Å². The maximum atomic E-state index is 13.2. The van der Waals surface area contributed by atoms with E-state index >= 15 is 0 Å². The Morgan fingerprint density at radius 2 is 2.18 bits per heavy atom. The van der Waals surface area contributed by atoms with E-state index in [1.807, 2.05) is 0 Å². The summed E-state index contributed by atoms with van der Waals surface area (Å²) in [4.78, 5) is 27.7. The number of hydrogen-bond donors (Lipinski definition) is 1. The van der Waals surface area contributed by atoms with E-state index in [9.17, 15) is 14.0 Å². The highest BCUT2D eigenvalue weighted by Gasteiger charge is 2.11. The lowest BCUT2D eigenvalue weighted by atomic mass is 10.2. The predicted molar refractivity (Wildman–Crippen MR) is 59.8 cm³/mol. The molecule has 0 saturated carbocycles. The lowest BCUT2D eigenvalue weighted by Crippen LogP contribution is -2.30. The predicted octanol–water partition coefficient (Wildman–Crippen LogP) is 0.429. The fraction of sp³-hybridized carbons (Fsp3) is 0.364. The summed E-state index contributed by atoms with van der Waals surface area (Å²) in [6.45, 7) is 0.178. The Hall–Kier alpha value is -1.98. The Kier molecular flexibility index (Phi) is 4.56. The number of aromatic nitrogens is 1. The largest absolute Gasteiger partial charge is 0.351 e. The smallest absolute Gasteiger partial charge is 0.254 e. The maximum absolute atomic E-state index is 13.2. The van der Waals surface area contributed by atoms with Crippen LogP contribution in [0.25, 0.3) is 0 Å². The SMILES string of the molecule is CN(C)C(=O)CCNC(=O)c1ccncc1F. The van der Waals surface area contributed by atoms with Crippen LogP contribution in [0.15, 0.2) is 18.5 Å². The summed E-state index contributed by atoms with van der Waals surface area (Å²) >= 11 is 0. The number of carbonyl (C=O) groups excluding carboxylic acids is 2. The number of carbonyl (C=O) groups is 2. The molecule has 0 radical (unpaired) electrons. The molecule has 0 aliphatic heterocycles. The zero-order chi connectivity index (χ0) is 12.8. The summed E-state index contributed by atoms with van der Waals surface area (Å²) in [6.07, 6.45) is 2.49. The quantitative estimate of drug-likeness (QED) is 0.828. The molecular weight excluding hydrogens is 225 g/mol. The molecule has 0 saturated heterocycles. The van der Waals surface area contributed by atoms with Crippen LogP contribution >= 0.6 is 0 Å². The molecule has 0 aromatic carbocycles. The van der Waals surface area contributed by atoms with Gasteiger partial charge in [-0.3, -0.25) is 14.6 Å². The lowest BCUT2D eigenvalue weighted by molar-refractivity contribution is -0.128. The van der Waals surface area contributed by atoms with E-state index in [-0.39, 0.29) is 24.4 Å². The number of amides is 2. The molecule has 0 bridgehead atoms. The van der Waals surface area contributed by atoms with Gasteiger partial charge in [0.25, 0.3) is 5.91 Å². The zero-order valence-electron chi connectivity index (χ0n) is 9.74. The summed E-state index contributed by atoms with van der Waals surface area (Å²) in [5.74, 6) is -1.32.